The van der Waals surface area contributed by atoms with Crippen LogP contribution in [0.3, 0.4) is 0 Å². The molecule has 9 nitrogen and oxygen atoms in total. The van der Waals surface area contributed by atoms with Crippen molar-refractivity contribution in [1.29, 1.82) is 0 Å². The van der Waals surface area contributed by atoms with Gasteiger partial charge in [0.1, 0.15) is 5.75 Å². The van der Waals surface area contributed by atoms with Crippen molar-refractivity contribution in [3.8, 4) is 5.75 Å². The summed E-state index contributed by atoms with van der Waals surface area (Å²) in [4.78, 5) is 16.6. The monoisotopic (exact) mass is 440 g/mol. The lowest BCUT2D eigenvalue weighted by Crippen LogP contribution is -2.51. The molecular formula is C20H32N4O5S. The summed E-state index contributed by atoms with van der Waals surface area (Å²) >= 11 is 0. The number of amides is 2. The Labute approximate surface area is 178 Å². The van der Waals surface area contributed by atoms with Crippen molar-refractivity contribution in [3.63, 3.8) is 0 Å². The number of nitrogens with zero attached hydrogens (tertiary/aromatic N) is 3. The number of nitrogens with one attached hydrogen (secondary N) is 1. The number of rotatable bonds is 5. The van der Waals surface area contributed by atoms with Crippen LogP contribution in [0.4, 0.5) is 4.79 Å². The third-order valence-electron chi connectivity index (χ3n) is 5.97. The molecular weight excluding hydrogens is 408 g/mol. The molecule has 168 valence electrons. The van der Waals surface area contributed by atoms with Gasteiger partial charge in [0.2, 0.25) is 10.0 Å². The number of hydrogen-bond acceptors (Lipinski definition) is 6. The van der Waals surface area contributed by atoms with E-state index >= 15 is 0 Å². The molecule has 2 amide bonds. The highest BCUT2D eigenvalue weighted by molar-refractivity contribution is 7.89. The molecule has 2 N–H and O–H groups in total. The number of sulfonamides is 1. The molecule has 2 atom stereocenters. The van der Waals surface area contributed by atoms with Crippen LogP contribution in [0.25, 0.3) is 0 Å². The number of carbonyl (C=O) groups is 1. The topological polar surface area (TPSA) is 102 Å². The average Bonchev–Trinajstić information content (AvgIpc) is 2.94. The van der Waals surface area contributed by atoms with Crippen molar-refractivity contribution >= 4 is 16.1 Å². The van der Waals surface area contributed by atoms with E-state index in [2.05, 4.69) is 10.2 Å². The summed E-state index contributed by atoms with van der Waals surface area (Å²) in [6.45, 7) is 3.95. The van der Waals surface area contributed by atoms with Crippen molar-refractivity contribution in [3.05, 3.63) is 24.3 Å². The van der Waals surface area contributed by atoms with Crippen molar-refractivity contribution in [1.82, 2.24) is 19.4 Å². The van der Waals surface area contributed by atoms with Gasteiger partial charge >= 0.3 is 6.03 Å². The Hall–Kier alpha value is -1.88. The number of carbonyl (C=O) groups excluding carboxylic acids is 1. The molecule has 0 unspecified atom stereocenters. The Bertz CT molecular complexity index is 809. The minimum Gasteiger partial charge on any atom is -0.497 e. The predicted molar refractivity (Wildman–Crippen MR) is 113 cm³/mol. The molecule has 2 saturated heterocycles. The summed E-state index contributed by atoms with van der Waals surface area (Å²) in [7, 11) is -0.0837. The second-order valence-electron chi connectivity index (χ2n) is 7.96. The van der Waals surface area contributed by atoms with E-state index in [4.69, 9.17) is 4.74 Å². The number of benzene rings is 1. The van der Waals surface area contributed by atoms with E-state index in [1.165, 1.54) is 23.5 Å². The van der Waals surface area contributed by atoms with Crippen LogP contribution in [0.1, 0.15) is 12.8 Å². The zero-order valence-corrected chi connectivity index (χ0v) is 18.5. The van der Waals surface area contributed by atoms with Crippen molar-refractivity contribution in [2.45, 2.75) is 23.8 Å². The lowest BCUT2D eigenvalue weighted by Gasteiger charge is -2.33. The van der Waals surface area contributed by atoms with Crippen LogP contribution in [0.15, 0.2) is 29.2 Å². The highest BCUT2D eigenvalue weighted by Gasteiger charge is 2.32. The molecule has 0 aromatic heterocycles. The van der Waals surface area contributed by atoms with Crippen LogP contribution in [0, 0.1) is 5.92 Å². The highest BCUT2D eigenvalue weighted by atomic mass is 32.2. The maximum atomic E-state index is 13.0. The normalized spacial score (nSPS) is 24.3. The standard InChI is InChI=1S/C20H32N4O5S/c1-22-11-13-23(14-12-22)20(26)21-15-16-7-9-24(10-8-19(16)25)30(27,28)18-5-3-17(29-2)4-6-18/h3-6,16,19,25H,7-15H2,1-2H3,(H,21,26)/t16-,19-/m1/s1. The van der Waals surface area contributed by atoms with Gasteiger partial charge in [-0.15, -0.1) is 0 Å². The zero-order chi connectivity index (χ0) is 21.7. The molecule has 1 aromatic rings. The number of urea groups is 1. The Kier molecular flexibility index (Phi) is 7.56. The number of aliphatic hydroxyl groups is 1. The zero-order valence-electron chi connectivity index (χ0n) is 17.7. The summed E-state index contributed by atoms with van der Waals surface area (Å²) in [5.74, 6) is 0.411. The molecule has 2 fully saturated rings. The summed E-state index contributed by atoms with van der Waals surface area (Å²) in [5, 5.41) is 13.4. The number of ether oxygens (including phenoxy) is 1. The molecule has 0 saturated carbocycles. The molecule has 0 bridgehead atoms. The minimum absolute atomic E-state index is 0.123. The molecule has 2 aliphatic rings. The van der Waals surface area contributed by atoms with Gasteiger partial charge in [0.15, 0.2) is 0 Å². The Balaban J connectivity index is 1.56. The fraction of sp³-hybridized carbons (Fsp3) is 0.650. The van der Waals surface area contributed by atoms with Crippen molar-refractivity contribution in [2.24, 2.45) is 5.92 Å². The Morgan fingerprint density at radius 2 is 1.73 bits per heavy atom. The number of aliphatic hydroxyl groups excluding tert-OH is 1. The smallest absolute Gasteiger partial charge is 0.317 e. The fourth-order valence-corrected chi connectivity index (χ4v) is 5.31. The van der Waals surface area contributed by atoms with E-state index in [1.54, 1.807) is 17.0 Å². The van der Waals surface area contributed by atoms with Crippen molar-refractivity contribution < 1.29 is 23.1 Å². The summed E-state index contributed by atoms with van der Waals surface area (Å²) in [6.07, 6.45) is 0.165. The first-order valence-corrected chi connectivity index (χ1v) is 11.8. The van der Waals surface area contributed by atoms with Crippen LogP contribution >= 0.6 is 0 Å². The Morgan fingerprint density at radius 1 is 1.10 bits per heavy atom. The third kappa shape index (κ3) is 5.42. The van der Waals surface area contributed by atoms with Gasteiger partial charge in [-0.3, -0.25) is 0 Å². The van der Waals surface area contributed by atoms with Gasteiger partial charge in [-0.05, 0) is 44.2 Å². The minimum atomic E-state index is -3.64. The van der Waals surface area contributed by atoms with Gasteiger partial charge < -0.3 is 25.0 Å². The van der Waals surface area contributed by atoms with Gasteiger partial charge in [0.25, 0.3) is 0 Å². The molecule has 3 rings (SSSR count). The van der Waals surface area contributed by atoms with Crippen LogP contribution < -0.4 is 10.1 Å². The molecule has 30 heavy (non-hydrogen) atoms. The number of methoxy groups -OCH3 is 1. The number of hydrogen-bond donors (Lipinski definition) is 2. The summed E-state index contributed by atoms with van der Waals surface area (Å²) in [5.41, 5.74) is 0. The van der Waals surface area contributed by atoms with Crippen LogP contribution in [0.2, 0.25) is 0 Å². The molecule has 0 radical (unpaired) electrons. The largest absolute Gasteiger partial charge is 0.497 e. The van der Waals surface area contributed by atoms with Gasteiger partial charge in [0.05, 0.1) is 18.1 Å². The summed E-state index contributed by atoms with van der Waals surface area (Å²) < 4.78 is 32.5. The maximum absolute atomic E-state index is 13.0. The average molecular weight is 441 g/mol. The second kappa shape index (κ2) is 9.95. The third-order valence-corrected chi connectivity index (χ3v) is 7.88. The highest BCUT2D eigenvalue weighted by Crippen LogP contribution is 2.25. The van der Waals surface area contributed by atoms with E-state index in [1.807, 2.05) is 7.05 Å². The first-order chi connectivity index (χ1) is 14.3. The van der Waals surface area contributed by atoms with Crippen molar-refractivity contribution in [2.75, 3.05) is 60.0 Å². The second-order valence-corrected chi connectivity index (χ2v) is 9.90. The quantitative estimate of drug-likeness (QED) is 0.688. The lowest BCUT2D eigenvalue weighted by atomic mass is 9.97. The predicted octanol–water partition coefficient (Wildman–Crippen LogP) is 0.414. The SMILES string of the molecule is COc1ccc(S(=O)(=O)N2CC[C@H](CNC(=O)N3CCN(C)CC3)[C@H](O)CC2)cc1. The molecule has 10 heteroatoms. The van der Waals surface area contributed by atoms with Crippen LogP contribution in [-0.4, -0.2) is 99.7 Å². The summed E-state index contributed by atoms with van der Waals surface area (Å²) in [6, 6.07) is 6.18. The first kappa shape index (κ1) is 22.8. The molecule has 0 spiro atoms. The Morgan fingerprint density at radius 3 is 2.37 bits per heavy atom. The number of likely N-dealkylation sites (N-methyl/N-ethyl adjacent to an activating group) is 1. The van der Waals surface area contributed by atoms with Crippen LogP contribution in [-0.2, 0) is 10.0 Å². The van der Waals surface area contributed by atoms with Crippen LogP contribution in [0.5, 0.6) is 5.75 Å². The van der Waals surface area contributed by atoms with Gasteiger partial charge in [-0.2, -0.15) is 4.31 Å². The molecule has 0 aliphatic carbocycles. The van der Waals surface area contributed by atoms with Gasteiger partial charge in [0, 0.05) is 51.7 Å². The van der Waals surface area contributed by atoms with E-state index in [-0.39, 0.29) is 23.4 Å². The molecule has 2 heterocycles. The fourth-order valence-electron chi connectivity index (χ4n) is 3.84. The molecule has 1 aromatic carbocycles. The van der Waals surface area contributed by atoms with E-state index in [9.17, 15) is 18.3 Å². The first-order valence-electron chi connectivity index (χ1n) is 10.3. The van der Waals surface area contributed by atoms with E-state index in [0.717, 1.165) is 13.1 Å². The van der Waals surface area contributed by atoms with Gasteiger partial charge in [-0.1, -0.05) is 0 Å². The van der Waals surface area contributed by atoms with Gasteiger partial charge in [-0.25, -0.2) is 13.2 Å². The molecule has 2 aliphatic heterocycles. The van der Waals surface area contributed by atoms with E-state index in [0.29, 0.717) is 44.8 Å². The number of piperazine rings is 1. The maximum Gasteiger partial charge on any atom is 0.317 e. The van der Waals surface area contributed by atoms with E-state index < -0.39 is 16.1 Å². The lowest BCUT2D eigenvalue weighted by molar-refractivity contribution is 0.101.